The molecule has 0 spiro atoms. The average Bonchev–Trinajstić information content (AvgIpc) is 3.12. The minimum Gasteiger partial charge on any atom is -0.495 e. The Morgan fingerprint density at radius 3 is 2.58 bits per heavy atom. The van der Waals surface area contributed by atoms with E-state index in [1.807, 2.05) is 0 Å². The van der Waals surface area contributed by atoms with Gasteiger partial charge in [0.2, 0.25) is 0 Å². The molecule has 2 aromatic carbocycles. The Morgan fingerprint density at radius 1 is 1.12 bits per heavy atom. The van der Waals surface area contributed by atoms with Gasteiger partial charge in [-0.05, 0) is 48.5 Å². The second kappa shape index (κ2) is 7.83. The Morgan fingerprint density at radius 2 is 1.92 bits per heavy atom. The number of benzene rings is 2. The first-order valence-electron chi connectivity index (χ1n) is 7.66. The van der Waals surface area contributed by atoms with E-state index in [0.717, 1.165) is 0 Å². The number of carbonyl (C=O) groups is 1. The van der Waals surface area contributed by atoms with Gasteiger partial charge in [0.15, 0.2) is 0 Å². The molecule has 0 radical (unpaired) electrons. The van der Waals surface area contributed by atoms with Gasteiger partial charge in [0.1, 0.15) is 23.9 Å². The molecule has 0 atom stereocenters. The number of methoxy groups -OCH3 is 1. The van der Waals surface area contributed by atoms with Crippen molar-refractivity contribution in [2.75, 3.05) is 12.4 Å². The van der Waals surface area contributed by atoms with Gasteiger partial charge < -0.3 is 19.6 Å². The Labute approximate surface area is 160 Å². The molecule has 7 heteroatoms. The number of aliphatic hydroxyl groups is 1. The summed E-state index contributed by atoms with van der Waals surface area (Å²) in [6.07, 6.45) is 0. The molecule has 1 heterocycles. The molecule has 134 valence electrons. The lowest BCUT2D eigenvalue weighted by Crippen LogP contribution is -2.12. The summed E-state index contributed by atoms with van der Waals surface area (Å²) >= 11 is 12.3. The van der Waals surface area contributed by atoms with Gasteiger partial charge in [-0.2, -0.15) is 0 Å². The van der Waals surface area contributed by atoms with E-state index in [0.29, 0.717) is 44.1 Å². The highest BCUT2D eigenvalue weighted by Gasteiger charge is 2.13. The number of anilines is 1. The number of furan rings is 1. The molecule has 3 aromatic rings. The maximum atomic E-state index is 12.4. The highest BCUT2D eigenvalue weighted by molar-refractivity contribution is 6.33. The highest BCUT2D eigenvalue weighted by Crippen LogP contribution is 2.32. The summed E-state index contributed by atoms with van der Waals surface area (Å²) in [6.45, 7) is -0.202. The fourth-order valence-corrected chi connectivity index (χ4v) is 2.88. The summed E-state index contributed by atoms with van der Waals surface area (Å²) < 4.78 is 10.6. The summed E-state index contributed by atoms with van der Waals surface area (Å²) in [5.41, 5.74) is 1.55. The van der Waals surface area contributed by atoms with Crippen LogP contribution in [-0.4, -0.2) is 18.1 Å². The lowest BCUT2D eigenvalue weighted by molar-refractivity contribution is 0.102. The minimum absolute atomic E-state index is 0.202. The molecule has 0 saturated heterocycles. The molecule has 1 amide bonds. The van der Waals surface area contributed by atoms with Crippen molar-refractivity contribution < 1.29 is 19.1 Å². The monoisotopic (exact) mass is 391 g/mol. The van der Waals surface area contributed by atoms with Gasteiger partial charge in [-0.1, -0.05) is 23.2 Å². The maximum Gasteiger partial charge on any atom is 0.255 e. The van der Waals surface area contributed by atoms with Gasteiger partial charge in [-0.3, -0.25) is 4.79 Å². The third-order valence-electron chi connectivity index (χ3n) is 3.72. The zero-order valence-electron chi connectivity index (χ0n) is 13.8. The molecular formula is C19H15Cl2NO4. The standard InChI is InChI=1S/C19H15Cl2NO4/c1-25-18-6-2-11(8-16(18)21)19(24)22-12-3-5-15(20)14(9-12)17-7-4-13(10-23)26-17/h2-9,23H,10H2,1H3,(H,22,24). The predicted octanol–water partition coefficient (Wildman–Crippen LogP) is 5.01. The van der Waals surface area contributed by atoms with Crippen molar-refractivity contribution in [2.45, 2.75) is 6.61 Å². The van der Waals surface area contributed by atoms with Crippen LogP contribution in [0.25, 0.3) is 11.3 Å². The third-order valence-corrected chi connectivity index (χ3v) is 4.35. The van der Waals surface area contributed by atoms with Crippen LogP contribution < -0.4 is 10.1 Å². The molecule has 2 N–H and O–H groups in total. The zero-order chi connectivity index (χ0) is 18.7. The van der Waals surface area contributed by atoms with Crippen LogP contribution in [0.15, 0.2) is 52.9 Å². The minimum atomic E-state index is -0.321. The van der Waals surface area contributed by atoms with E-state index in [1.165, 1.54) is 13.2 Å². The number of rotatable bonds is 5. The lowest BCUT2D eigenvalue weighted by Gasteiger charge is -2.09. The van der Waals surface area contributed by atoms with E-state index in [9.17, 15) is 4.79 Å². The number of hydrogen-bond donors (Lipinski definition) is 2. The van der Waals surface area contributed by atoms with Crippen LogP contribution in [0.3, 0.4) is 0 Å². The molecular weight excluding hydrogens is 377 g/mol. The van der Waals surface area contributed by atoms with Crippen molar-refractivity contribution in [3.8, 4) is 17.1 Å². The van der Waals surface area contributed by atoms with E-state index in [1.54, 1.807) is 42.5 Å². The van der Waals surface area contributed by atoms with Crippen molar-refractivity contribution in [3.05, 3.63) is 69.9 Å². The van der Waals surface area contributed by atoms with Crippen LogP contribution >= 0.6 is 23.2 Å². The van der Waals surface area contributed by atoms with Gasteiger partial charge in [0.05, 0.1) is 17.2 Å². The molecule has 5 nitrogen and oxygen atoms in total. The molecule has 0 aliphatic rings. The lowest BCUT2D eigenvalue weighted by atomic mass is 10.1. The number of ether oxygens (including phenoxy) is 1. The zero-order valence-corrected chi connectivity index (χ0v) is 15.3. The summed E-state index contributed by atoms with van der Waals surface area (Å²) in [6, 6.07) is 13.2. The molecule has 0 aliphatic heterocycles. The van der Waals surface area contributed by atoms with Crippen LogP contribution in [0.4, 0.5) is 5.69 Å². The first-order valence-corrected chi connectivity index (χ1v) is 8.42. The predicted molar refractivity (Wildman–Crippen MR) is 101 cm³/mol. The van der Waals surface area contributed by atoms with Gasteiger partial charge in [0.25, 0.3) is 5.91 Å². The summed E-state index contributed by atoms with van der Waals surface area (Å²) in [7, 11) is 1.51. The van der Waals surface area contributed by atoms with E-state index < -0.39 is 0 Å². The quantitative estimate of drug-likeness (QED) is 0.641. The fraction of sp³-hybridized carbons (Fsp3) is 0.105. The number of hydrogen-bond acceptors (Lipinski definition) is 4. The number of aliphatic hydroxyl groups excluding tert-OH is 1. The summed E-state index contributed by atoms with van der Waals surface area (Å²) in [4.78, 5) is 12.4. The van der Waals surface area contributed by atoms with E-state index >= 15 is 0 Å². The number of amides is 1. The summed E-state index contributed by atoms with van der Waals surface area (Å²) in [5.74, 6) is 1.11. The van der Waals surface area contributed by atoms with Gasteiger partial charge in [-0.15, -0.1) is 0 Å². The maximum absolute atomic E-state index is 12.4. The topological polar surface area (TPSA) is 71.7 Å². The highest BCUT2D eigenvalue weighted by atomic mass is 35.5. The van der Waals surface area contributed by atoms with Gasteiger partial charge in [-0.25, -0.2) is 0 Å². The second-order valence-corrected chi connectivity index (χ2v) is 6.24. The third kappa shape index (κ3) is 3.85. The number of carbonyl (C=O) groups excluding carboxylic acids is 1. The normalized spacial score (nSPS) is 10.6. The van der Waals surface area contributed by atoms with Crippen molar-refractivity contribution >= 4 is 34.8 Å². The van der Waals surface area contributed by atoms with Crippen molar-refractivity contribution in [1.82, 2.24) is 0 Å². The second-order valence-electron chi connectivity index (χ2n) is 5.42. The molecule has 0 fully saturated rings. The molecule has 26 heavy (non-hydrogen) atoms. The molecule has 1 aromatic heterocycles. The van der Waals surface area contributed by atoms with Crippen LogP contribution in [-0.2, 0) is 6.61 Å². The Kier molecular flexibility index (Phi) is 5.52. The van der Waals surface area contributed by atoms with Crippen LogP contribution in [0.1, 0.15) is 16.1 Å². The van der Waals surface area contributed by atoms with E-state index in [4.69, 9.17) is 37.5 Å². The SMILES string of the molecule is COc1ccc(C(=O)Nc2ccc(Cl)c(-c3ccc(CO)o3)c2)cc1Cl. The Hall–Kier alpha value is -2.47. The van der Waals surface area contributed by atoms with Gasteiger partial charge in [0, 0.05) is 16.8 Å². The first kappa shape index (κ1) is 18.3. The van der Waals surface area contributed by atoms with Crippen molar-refractivity contribution in [2.24, 2.45) is 0 Å². The average molecular weight is 392 g/mol. The number of nitrogens with one attached hydrogen (secondary N) is 1. The summed E-state index contributed by atoms with van der Waals surface area (Å²) in [5, 5.41) is 12.7. The molecule has 0 unspecified atom stereocenters. The Balaban J connectivity index is 1.85. The van der Waals surface area contributed by atoms with E-state index in [2.05, 4.69) is 5.32 Å². The van der Waals surface area contributed by atoms with E-state index in [-0.39, 0.29) is 12.5 Å². The first-order chi connectivity index (χ1) is 12.5. The van der Waals surface area contributed by atoms with Crippen LogP contribution in [0.5, 0.6) is 5.75 Å². The smallest absolute Gasteiger partial charge is 0.255 e. The fourth-order valence-electron chi connectivity index (χ4n) is 2.41. The largest absolute Gasteiger partial charge is 0.495 e. The number of halogens is 2. The van der Waals surface area contributed by atoms with Crippen molar-refractivity contribution in [1.29, 1.82) is 0 Å². The molecule has 0 aliphatic carbocycles. The van der Waals surface area contributed by atoms with Crippen LogP contribution in [0, 0.1) is 0 Å². The van der Waals surface area contributed by atoms with Crippen molar-refractivity contribution in [3.63, 3.8) is 0 Å². The Bertz CT molecular complexity index is 952. The van der Waals surface area contributed by atoms with Crippen LogP contribution in [0.2, 0.25) is 10.0 Å². The molecule has 0 saturated carbocycles. The molecule has 3 rings (SSSR count). The van der Waals surface area contributed by atoms with Gasteiger partial charge >= 0.3 is 0 Å². The molecule has 0 bridgehead atoms.